The number of hydrogen-bond acceptors (Lipinski definition) is 5. The van der Waals surface area contributed by atoms with Crippen molar-refractivity contribution in [3.63, 3.8) is 0 Å². The Kier molecular flexibility index (Phi) is 5.54. The number of nitrogens with zero attached hydrogens (tertiary/aromatic N) is 3. The summed E-state index contributed by atoms with van der Waals surface area (Å²) in [6.07, 6.45) is 3.16. The lowest BCUT2D eigenvalue weighted by atomic mass is 10.1. The minimum absolute atomic E-state index is 0.0642. The SMILES string of the molecule is Cc1ccc(Cn2nc(C)c(C=CC(=O)OCc3cc(C)no3)c2C)cc1. The molecular weight excluding hydrogens is 342 g/mol. The van der Waals surface area contributed by atoms with E-state index in [0.29, 0.717) is 12.3 Å². The monoisotopic (exact) mass is 365 g/mol. The summed E-state index contributed by atoms with van der Waals surface area (Å²) in [6.45, 7) is 8.56. The van der Waals surface area contributed by atoms with Crippen LogP contribution in [0.25, 0.3) is 6.08 Å². The molecule has 0 fully saturated rings. The average Bonchev–Trinajstić information content (AvgIpc) is 3.17. The molecule has 0 saturated heterocycles. The van der Waals surface area contributed by atoms with E-state index in [2.05, 4.69) is 41.4 Å². The fourth-order valence-corrected chi connectivity index (χ4v) is 2.80. The third kappa shape index (κ3) is 4.73. The predicted molar refractivity (Wildman–Crippen MR) is 102 cm³/mol. The average molecular weight is 365 g/mol. The lowest BCUT2D eigenvalue weighted by Gasteiger charge is -2.05. The first kappa shape index (κ1) is 18.6. The number of hydrogen-bond donors (Lipinski definition) is 0. The normalized spacial score (nSPS) is 11.3. The van der Waals surface area contributed by atoms with Crippen LogP contribution in [0.1, 0.15) is 39.5 Å². The van der Waals surface area contributed by atoms with Crippen LogP contribution in [0.15, 0.2) is 40.9 Å². The van der Waals surface area contributed by atoms with Gasteiger partial charge in [-0.3, -0.25) is 4.68 Å². The van der Waals surface area contributed by atoms with Gasteiger partial charge in [-0.05, 0) is 39.3 Å². The van der Waals surface area contributed by atoms with Gasteiger partial charge in [0.2, 0.25) is 0 Å². The number of aryl methyl sites for hydroxylation is 3. The minimum Gasteiger partial charge on any atom is -0.454 e. The molecule has 140 valence electrons. The first-order valence-electron chi connectivity index (χ1n) is 8.79. The van der Waals surface area contributed by atoms with Gasteiger partial charge in [-0.1, -0.05) is 35.0 Å². The molecule has 2 aromatic heterocycles. The maximum atomic E-state index is 12.0. The molecule has 3 rings (SSSR count). The number of esters is 1. The van der Waals surface area contributed by atoms with Crippen molar-refractivity contribution in [3.05, 3.63) is 75.9 Å². The molecule has 0 radical (unpaired) electrons. The van der Waals surface area contributed by atoms with Crippen molar-refractivity contribution in [2.24, 2.45) is 0 Å². The van der Waals surface area contributed by atoms with E-state index in [1.165, 1.54) is 17.2 Å². The van der Waals surface area contributed by atoms with E-state index in [9.17, 15) is 4.79 Å². The number of ether oxygens (including phenoxy) is 1. The van der Waals surface area contributed by atoms with Crippen molar-refractivity contribution >= 4 is 12.0 Å². The molecule has 6 heteroatoms. The van der Waals surface area contributed by atoms with E-state index in [-0.39, 0.29) is 6.61 Å². The quantitative estimate of drug-likeness (QED) is 0.489. The summed E-state index contributed by atoms with van der Waals surface area (Å²) < 4.78 is 12.1. The van der Waals surface area contributed by atoms with Crippen molar-refractivity contribution in [3.8, 4) is 0 Å². The summed E-state index contributed by atoms with van der Waals surface area (Å²) >= 11 is 0. The van der Waals surface area contributed by atoms with Gasteiger partial charge in [-0.25, -0.2) is 4.79 Å². The predicted octanol–water partition coefficient (Wildman–Crippen LogP) is 3.91. The van der Waals surface area contributed by atoms with Gasteiger partial charge in [0, 0.05) is 23.4 Å². The highest BCUT2D eigenvalue weighted by atomic mass is 16.5. The van der Waals surface area contributed by atoms with Crippen LogP contribution in [0.3, 0.4) is 0 Å². The molecule has 0 aliphatic carbocycles. The summed E-state index contributed by atoms with van der Waals surface area (Å²) in [7, 11) is 0. The second-order valence-electron chi connectivity index (χ2n) is 6.60. The Morgan fingerprint density at radius 1 is 1.19 bits per heavy atom. The van der Waals surface area contributed by atoms with Gasteiger partial charge in [0.1, 0.15) is 0 Å². The molecule has 0 amide bonds. The minimum atomic E-state index is -0.436. The summed E-state index contributed by atoms with van der Waals surface area (Å²) in [4.78, 5) is 12.0. The second kappa shape index (κ2) is 8.03. The van der Waals surface area contributed by atoms with Crippen molar-refractivity contribution in [2.75, 3.05) is 0 Å². The van der Waals surface area contributed by atoms with Gasteiger partial charge in [0.25, 0.3) is 0 Å². The highest BCUT2D eigenvalue weighted by Gasteiger charge is 2.10. The number of rotatable bonds is 6. The summed E-state index contributed by atoms with van der Waals surface area (Å²) in [5.74, 6) is 0.0849. The molecule has 0 N–H and O–H groups in total. The molecule has 0 aliphatic rings. The van der Waals surface area contributed by atoms with Gasteiger partial charge in [-0.2, -0.15) is 5.10 Å². The van der Waals surface area contributed by atoms with Crippen LogP contribution >= 0.6 is 0 Å². The Labute approximate surface area is 158 Å². The number of carbonyl (C=O) groups is 1. The van der Waals surface area contributed by atoms with Crippen LogP contribution in [-0.2, 0) is 22.7 Å². The van der Waals surface area contributed by atoms with Crippen LogP contribution in [0.4, 0.5) is 0 Å². The van der Waals surface area contributed by atoms with E-state index in [0.717, 1.165) is 22.6 Å². The first-order valence-corrected chi connectivity index (χ1v) is 8.79. The highest BCUT2D eigenvalue weighted by molar-refractivity contribution is 5.87. The van der Waals surface area contributed by atoms with E-state index in [4.69, 9.17) is 9.26 Å². The zero-order valence-corrected chi connectivity index (χ0v) is 16.0. The molecule has 2 heterocycles. The van der Waals surface area contributed by atoms with Crippen LogP contribution in [0.5, 0.6) is 0 Å². The Balaban J connectivity index is 1.65. The van der Waals surface area contributed by atoms with Crippen LogP contribution in [0.2, 0.25) is 0 Å². The van der Waals surface area contributed by atoms with E-state index in [1.54, 1.807) is 12.1 Å². The first-order chi connectivity index (χ1) is 12.9. The smallest absolute Gasteiger partial charge is 0.331 e. The van der Waals surface area contributed by atoms with Crippen LogP contribution in [0, 0.1) is 27.7 Å². The Bertz CT molecular complexity index is 965. The zero-order chi connectivity index (χ0) is 19.4. The van der Waals surface area contributed by atoms with E-state index in [1.807, 2.05) is 25.5 Å². The van der Waals surface area contributed by atoms with Gasteiger partial charge in [-0.15, -0.1) is 0 Å². The van der Waals surface area contributed by atoms with Gasteiger partial charge in [0.05, 0.1) is 17.9 Å². The molecular formula is C21H23N3O3. The Hall–Kier alpha value is -3.15. The van der Waals surface area contributed by atoms with Crippen molar-refractivity contribution in [2.45, 2.75) is 40.8 Å². The van der Waals surface area contributed by atoms with Gasteiger partial charge >= 0.3 is 5.97 Å². The molecule has 0 saturated carbocycles. The lowest BCUT2D eigenvalue weighted by Crippen LogP contribution is -2.04. The van der Waals surface area contributed by atoms with Crippen molar-refractivity contribution in [1.82, 2.24) is 14.9 Å². The molecule has 0 bridgehead atoms. The number of benzene rings is 1. The van der Waals surface area contributed by atoms with Crippen molar-refractivity contribution in [1.29, 1.82) is 0 Å². The second-order valence-corrected chi connectivity index (χ2v) is 6.60. The fraction of sp³-hybridized carbons (Fsp3) is 0.286. The number of carbonyl (C=O) groups excluding carboxylic acids is 1. The maximum Gasteiger partial charge on any atom is 0.331 e. The molecule has 27 heavy (non-hydrogen) atoms. The molecule has 0 unspecified atom stereocenters. The fourth-order valence-electron chi connectivity index (χ4n) is 2.80. The molecule has 1 aromatic carbocycles. The summed E-state index contributed by atoms with van der Waals surface area (Å²) in [5, 5.41) is 8.35. The molecule has 0 spiro atoms. The maximum absolute atomic E-state index is 12.0. The van der Waals surface area contributed by atoms with Crippen LogP contribution < -0.4 is 0 Å². The molecule has 0 aliphatic heterocycles. The molecule has 0 atom stereocenters. The van der Waals surface area contributed by atoms with Crippen LogP contribution in [-0.4, -0.2) is 20.9 Å². The van der Waals surface area contributed by atoms with Gasteiger partial charge < -0.3 is 9.26 Å². The standard InChI is InChI=1S/C21H23N3O3/c1-14-5-7-18(8-6-14)12-24-17(4)20(16(3)22-24)9-10-21(25)26-13-19-11-15(2)23-27-19/h5-11H,12-13H2,1-4H3. The molecule has 6 nitrogen and oxygen atoms in total. The topological polar surface area (TPSA) is 70.2 Å². The Morgan fingerprint density at radius 3 is 2.59 bits per heavy atom. The largest absolute Gasteiger partial charge is 0.454 e. The lowest BCUT2D eigenvalue weighted by molar-refractivity contribution is -0.139. The summed E-state index contributed by atoms with van der Waals surface area (Å²) in [5.41, 5.74) is 5.97. The molecule has 3 aromatic rings. The van der Waals surface area contributed by atoms with Crippen molar-refractivity contribution < 1.29 is 14.1 Å². The highest BCUT2D eigenvalue weighted by Crippen LogP contribution is 2.17. The number of aromatic nitrogens is 3. The summed E-state index contributed by atoms with van der Waals surface area (Å²) in [6, 6.07) is 10.1. The zero-order valence-electron chi connectivity index (χ0n) is 16.0. The Morgan fingerprint density at radius 2 is 1.93 bits per heavy atom. The van der Waals surface area contributed by atoms with Gasteiger partial charge in [0.15, 0.2) is 12.4 Å². The van der Waals surface area contributed by atoms with E-state index >= 15 is 0 Å². The van der Waals surface area contributed by atoms with E-state index < -0.39 is 5.97 Å². The third-order valence-electron chi connectivity index (χ3n) is 4.31. The third-order valence-corrected chi connectivity index (χ3v) is 4.31.